The Bertz CT molecular complexity index is 445. The van der Waals surface area contributed by atoms with Gasteiger partial charge in [-0.3, -0.25) is 9.69 Å². The standard InChI is InChI=1S/C14H22N4O2/c1-12-3-2-4-13(11-12)18-9-7-17(8-10-18)6-5-14(19)20-16-15/h2-4,11,16H,5-10,15H2,1H3. The fraction of sp³-hybridized carbons (Fsp3) is 0.500. The monoisotopic (exact) mass is 278 g/mol. The van der Waals surface area contributed by atoms with Crippen molar-refractivity contribution in [2.45, 2.75) is 13.3 Å². The number of piperazine rings is 1. The zero-order valence-electron chi connectivity index (χ0n) is 11.8. The van der Waals surface area contributed by atoms with E-state index in [1.54, 1.807) is 0 Å². The normalized spacial score (nSPS) is 16.2. The molecule has 0 radical (unpaired) electrons. The van der Waals surface area contributed by atoms with Crippen molar-refractivity contribution < 1.29 is 9.63 Å². The second-order valence-corrected chi connectivity index (χ2v) is 5.01. The minimum absolute atomic E-state index is 0.325. The Labute approximate surface area is 119 Å². The third-order valence-electron chi connectivity index (χ3n) is 3.54. The first-order valence-corrected chi connectivity index (χ1v) is 6.88. The Morgan fingerprint density at radius 3 is 2.75 bits per heavy atom. The van der Waals surface area contributed by atoms with E-state index in [0.29, 0.717) is 13.0 Å². The average molecular weight is 278 g/mol. The maximum atomic E-state index is 11.2. The molecule has 1 aromatic carbocycles. The van der Waals surface area contributed by atoms with Crippen molar-refractivity contribution in [3.8, 4) is 0 Å². The molecule has 0 unspecified atom stereocenters. The summed E-state index contributed by atoms with van der Waals surface area (Å²) in [5, 5.41) is 0. The molecule has 1 aromatic rings. The van der Waals surface area contributed by atoms with Crippen molar-refractivity contribution in [3.05, 3.63) is 29.8 Å². The fourth-order valence-electron chi connectivity index (χ4n) is 2.42. The topological polar surface area (TPSA) is 70.8 Å². The first-order valence-electron chi connectivity index (χ1n) is 6.88. The average Bonchev–Trinajstić information content (AvgIpc) is 2.46. The Balaban J connectivity index is 1.76. The summed E-state index contributed by atoms with van der Waals surface area (Å²) in [5.74, 6) is 4.59. The number of hydrazine groups is 1. The van der Waals surface area contributed by atoms with E-state index in [0.717, 1.165) is 26.2 Å². The third-order valence-corrected chi connectivity index (χ3v) is 3.54. The molecule has 0 saturated carbocycles. The van der Waals surface area contributed by atoms with Crippen molar-refractivity contribution in [1.82, 2.24) is 10.5 Å². The molecule has 0 amide bonds. The molecule has 0 aromatic heterocycles. The van der Waals surface area contributed by atoms with E-state index in [9.17, 15) is 4.79 Å². The maximum Gasteiger partial charge on any atom is 0.327 e. The highest BCUT2D eigenvalue weighted by Crippen LogP contribution is 2.17. The number of nitrogens with two attached hydrogens (primary N) is 1. The number of carbonyl (C=O) groups excluding carboxylic acids is 1. The van der Waals surface area contributed by atoms with Crippen LogP contribution in [-0.2, 0) is 9.63 Å². The largest absolute Gasteiger partial charge is 0.369 e. The lowest BCUT2D eigenvalue weighted by atomic mass is 10.2. The van der Waals surface area contributed by atoms with Crippen molar-refractivity contribution in [2.75, 3.05) is 37.6 Å². The third kappa shape index (κ3) is 4.19. The summed E-state index contributed by atoms with van der Waals surface area (Å²) in [5.41, 5.74) is 4.47. The van der Waals surface area contributed by atoms with Crippen LogP contribution in [0.4, 0.5) is 5.69 Å². The molecule has 1 heterocycles. The second kappa shape index (κ2) is 7.23. The first kappa shape index (κ1) is 14.8. The Kier molecular flexibility index (Phi) is 5.34. The molecular formula is C14H22N4O2. The zero-order valence-corrected chi connectivity index (χ0v) is 11.8. The van der Waals surface area contributed by atoms with Gasteiger partial charge in [0.15, 0.2) is 0 Å². The van der Waals surface area contributed by atoms with Gasteiger partial charge in [0.05, 0.1) is 6.42 Å². The van der Waals surface area contributed by atoms with Gasteiger partial charge in [0.1, 0.15) is 0 Å². The molecule has 0 spiro atoms. The summed E-state index contributed by atoms with van der Waals surface area (Å²) >= 11 is 0. The van der Waals surface area contributed by atoms with E-state index < -0.39 is 0 Å². The van der Waals surface area contributed by atoms with E-state index in [1.165, 1.54) is 11.3 Å². The molecule has 110 valence electrons. The highest BCUT2D eigenvalue weighted by atomic mass is 16.7. The molecule has 6 nitrogen and oxygen atoms in total. The molecular weight excluding hydrogens is 256 g/mol. The molecule has 1 saturated heterocycles. The van der Waals surface area contributed by atoms with Crippen LogP contribution in [0.5, 0.6) is 0 Å². The molecule has 1 aliphatic rings. The fourth-order valence-corrected chi connectivity index (χ4v) is 2.42. The number of hydrogen-bond donors (Lipinski definition) is 2. The van der Waals surface area contributed by atoms with Gasteiger partial charge in [0.25, 0.3) is 0 Å². The summed E-state index contributed by atoms with van der Waals surface area (Å²) < 4.78 is 0. The Morgan fingerprint density at radius 1 is 1.35 bits per heavy atom. The SMILES string of the molecule is Cc1cccc(N2CCN(CCC(=O)ONN)CC2)c1. The van der Waals surface area contributed by atoms with Crippen molar-refractivity contribution >= 4 is 11.7 Å². The van der Waals surface area contributed by atoms with Gasteiger partial charge in [0, 0.05) is 38.4 Å². The molecule has 3 N–H and O–H groups in total. The number of nitrogens with one attached hydrogen (secondary N) is 1. The number of aryl methyl sites for hydroxylation is 1. The van der Waals surface area contributed by atoms with Crippen molar-refractivity contribution in [3.63, 3.8) is 0 Å². The van der Waals surface area contributed by atoms with Gasteiger partial charge < -0.3 is 9.74 Å². The van der Waals surface area contributed by atoms with Crippen LogP contribution < -0.4 is 16.3 Å². The van der Waals surface area contributed by atoms with Crippen LogP contribution in [0, 0.1) is 6.92 Å². The predicted molar refractivity (Wildman–Crippen MR) is 77.9 cm³/mol. The molecule has 6 heteroatoms. The molecule has 0 bridgehead atoms. The number of carbonyl (C=O) groups is 1. The minimum atomic E-state index is -0.325. The van der Waals surface area contributed by atoms with Gasteiger partial charge in [0.2, 0.25) is 0 Å². The molecule has 1 aliphatic heterocycles. The number of hydrogen-bond acceptors (Lipinski definition) is 6. The van der Waals surface area contributed by atoms with Crippen LogP contribution in [0.2, 0.25) is 0 Å². The summed E-state index contributed by atoms with van der Waals surface area (Å²) in [7, 11) is 0. The van der Waals surface area contributed by atoms with Crippen molar-refractivity contribution in [1.29, 1.82) is 0 Å². The molecule has 1 fully saturated rings. The van der Waals surface area contributed by atoms with Crippen LogP contribution in [0.15, 0.2) is 24.3 Å². The van der Waals surface area contributed by atoms with Crippen LogP contribution >= 0.6 is 0 Å². The summed E-state index contributed by atoms with van der Waals surface area (Å²) in [6.07, 6.45) is 0.356. The van der Waals surface area contributed by atoms with Crippen LogP contribution in [0.3, 0.4) is 0 Å². The van der Waals surface area contributed by atoms with E-state index in [-0.39, 0.29) is 5.97 Å². The van der Waals surface area contributed by atoms with Crippen molar-refractivity contribution in [2.24, 2.45) is 5.84 Å². The first-order chi connectivity index (χ1) is 9.69. The number of benzene rings is 1. The van der Waals surface area contributed by atoms with E-state index >= 15 is 0 Å². The lowest BCUT2D eigenvalue weighted by Gasteiger charge is -2.36. The highest BCUT2D eigenvalue weighted by molar-refractivity contribution is 5.69. The quantitative estimate of drug-likeness (QED) is 0.601. The molecule has 0 aliphatic carbocycles. The summed E-state index contributed by atoms with van der Waals surface area (Å²) in [6, 6.07) is 8.55. The predicted octanol–water partition coefficient (Wildman–Crippen LogP) is 0.429. The van der Waals surface area contributed by atoms with Gasteiger partial charge >= 0.3 is 5.97 Å². The maximum absolute atomic E-state index is 11.2. The summed E-state index contributed by atoms with van der Waals surface area (Å²) in [4.78, 5) is 20.3. The molecule has 0 atom stereocenters. The number of anilines is 1. The van der Waals surface area contributed by atoms with Gasteiger partial charge in [-0.25, -0.2) is 5.84 Å². The van der Waals surface area contributed by atoms with Gasteiger partial charge in [-0.05, 0) is 24.6 Å². The van der Waals surface area contributed by atoms with Gasteiger partial charge in [-0.1, -0.05) is 17.7 Å². The van der Waals surface area contributed by atoms with E-state index in [1.807, 2.05) is 5.59 Å². The van der Waals surface area contributed by atoms with Gasteiger partial charge in [-0.2, -0.15) is 0 Å². The Hall–Kier alpha value is -1.63. The Morgan fingerprint density at radius 2 is 2.10 bits per heavy atom. The zero-order chi connectivity index (χ0) is 14.4. The summed E-state index contributed by atoms with van der Waals surface area (Å²) in [6.45, 7) is 6.69. The van der Waals surface area contributed by atoms with Crippen LogP contribution in [0.25, 0.3) is 0 Å². The second-order valence-electron chi connectivity index (χ2n) is 5.01. The lowest BCUT2D eigenvalue weighted by Crippen LogP contribution is -2.47. The van der Waals surface area contributed by atoms with Crippen LogP contribution in [-0.4, -0.2) is 43.6 Å². The number of rotatable bonds is 5. The minimum Gasteiger partial charge on any atom is -0.369 e. The van der Waals surface area contributed by atoms with Gasteiger partial charge in [-0.15, -0.1) is 0 Å². The van der Waals surface area contributed by atoms with E-state index in [4.69, 9.17) is 5.84 Å². The number of nitrogens with zero attached hydrogens (tertiary/aromatic N) is 2. The lowest BCUT2D eigenvalue weighted by molar-refractivity contribution is -0.151. The highest BCUT2D eigenvalue weighted by Gasteiger charge is 2.18. The van der Waals surface area contributed by atoms with Crippen LogP contribution in [0.1, 0.15) is 12.0 Å². The molecule has 2 rings (SSSR count). The van der Waals surface area contributed by atoms with E-state index in [2.05, 4.69) is 45.8 Å². The smallest absolute Gasteiger partial charge is 0.327 e. The molecule has 20 heavy (non-hydrogen) atoms.